The highest BCUT2D eigenvalue weighted by atomic mass is 79.9. The summed E-state index contributed by atoms with van der Waals surface area (Å²) in [7, 11) is 0. The van der Waals surface area contributed by atoms with Gasteiger partial charge >= 0.3 is 6.03 Å². The highest BCUT2D eigenvalue weighted by Crippen LogP contribution is 2.42. The van der Waals surface area contributed by atoms with Crippen LogP contribution >= 0.6 is 15.9 Å². The molecule has 0 spiro atoms. The van der Waals surface area contributed by atoms with Crippen LogP contribution < -0.4 is 10.6 Å². The fraction of sp³-hybridized carbons (Fsp3) is 0.435. The van der Waals surface area contributed by atoms with Crippen LogP contribution in [0.5, 0.6) is 0 Å². The van der Waals surface area contributed by atoms with Crippen LogP contribution in [0, 0.1) is 12.8 Å². The molecule has 2 bridgehead atoms. The van der Waals surface area contributed by atoms with E-state index in [2.05, 4.69) is 50.2 Å². The second kappa shape index (κ2) is 9.27. The number of nitrogens with zero attached hydrogens (tertiary/aromatic N) is 3. The van der Waals surface area contributed by atoms with Gasteiger partial charge in [-0.3, -0.25) is 4.90 Å². The second-order valence-corrected chi connectivity index (χ2v) is 8.98. The van der Waals surface area contributed by atoms with E-state index < -0.39 is 0 Å². The molecule has 2 N–H and O–H groups in total. The molecule has 30 heavy (non-hydrogen) atoms. The summed E-state index contributed by atoms with van der Waals surface area (Å²) in [5.74, 6) is 1.80. The van der Waals surface area contributed by atoms with Gasteiger partial charge in [-0.25, -0.2) is 14.8 Å². The molecular formula is C23H28BrN5O. The summed E-state index contributed by atoms with van der Waals surface area (Å²) >= 11 is 3.65. The number of aromatic nitrogens is 2. The van der Waals surface area contributed by atoms with Gasteiger partial charge in [0.25, 0.3) is 0 Å². The van der Waals surface area contributed by atoms with E-state index >= 15 is 0 Å². The number of nitrogens with one attached hydrogen (secondary N) is 2. The van der Waals surface area contributed by atoms with E-state index in [1.807, 2.05) is 25.1 Å². The highest BCUT2D eigenvalue weighted by molar-refractivity contribution is 9.10. The predicted molar refractivity (Wildman–Crippen MR) is 122 cm³/mol. The van der Waals surface area contributed by atoms with Gasteiger partial charge in [-0.1, -0.05) is 40.2 Å². The molecule has 1 aromatic heterocycles. The minimum Gasteiger partial charge on any atom is -0.337 e. The summed E-state index contributed by atoms with van der Waals surface area (Å²) in [5.41, 5.74) is 3.20. The molecule has 1 unspecified atom stereocenters. The van der Waals surface area contributed by atoms with Gasteiger partial charge in [0, 0.05) is 47.3 Å². The molecule has 158 valence electrons. The van der Waals surface area contributed by atoms with Gasteiger partial charge in [-0.2, -0.15) is 0 Å². The number of rotatable bonds is 6. The van der Waals surface area contributed by atoms with Crippen molar-refractivity contribution in [1.82, 2.24) is 25.5 Å². The monoisotopic (exact) mass is 469 g/mol. The molecule has 1 aromatic carbocycles. The third-order valence-electron chi connectivity index (χ3n) is 6.17. The summed E-state index contributed by atoms with van der Waals surface area (Å²) in [6.07, 6.45) is 3.94. The van der Waals surface area contributed by atoms with E-state index in [0.717, 1.165) is 46.8 Å². The zero-order valence-electron chi connectivity index (χ0n) is 17.3. The van der Waals surface area contributed by atoms with Gasteiger partial charge < -0.3 is 10.6 Å². The molecule has 2 aromatic rings. The Morgan fingerprint density at radius 1 is 1.33 bits per heavy atom. The van der Waals surface area contributed by atoms with E-state index in [9.17, 15) is 4.79 Å². The van der Waals surface area contributed by atoms with E-state index in [4.69, 9.17) is 9.97 Å². The Bertz CT molecular complexity index is 934. The van der Waals surface area contributed by atoms with E-state index in [1.165, 1.54) is 6.42 Å². The van der Waals surface area contributed by atoms with Crippen LogP contribution in [0.3, 0.4) is 0 Å². The summed E-state index contributed by atoms with van der Waals surface area (Å²) in [5, 5.41) is 5.78. The molecular weight excluding hydrogens is 442 g/mol. The first-order valence-corrected chi connectivity index (χ1v) is 11.3. The second-order valence-electron chi connectivity index (χ2n) is 8.12. The molecule has 0 radical (unpaired) electrons. The topological polar surface area (TPSA) is 70.2 Å². The minimum atomic E-state index is -0.126. The number of halogens is 1. The predicted octanol–water partition coefficient (Wildman–Crippen LogP) is 3.88. The third-order valence-corrected chi connectivity index (χ3v) is 6.86. The van der Waals surface area contributed by atoms with Crippen LogP contribution in [0.25, 0.3) is 11.3 Å². The number of amides is 2. The van der Waals surface area contributed by atoms with Crippen molar-refractivity contribution in [3.63, 3.8) is 0 Å². The van der Waals surface area contributed by atoms with Crippen LogP contribution in [0.2, 0.25) is 0 Å². The first-order chi connectivity index (χ1) is 14.5. The molecule has 7 heteroatoms. The number of hydrogen-bond donors (Lipinski definition) is 2. The summed E-state index contributed by atoms with van der Waals surface area (Å²) in [6.45, 7) is 8.83. The van der Waals surface area contributed by atoms with Gasteiger partial charge in [0.15, 0.2) is 0 Å². The summed E-state index contributed by atoms with van der Waals surface area (Å²) in [6, 6.07) is 10.6. The number of piperidine rings is 3. The Labute approximate surface area is 186 Å². The average molecular weight is 470 g/mol. The molecule has 2 amide bonds. The Kier molecular flexibility index (Phi) is 6.49. The van der Waals surface area contributed by atoms with Gasteiger partial charge in [-0.15, -0.1) is 6.58 Å². The largest absolute Gasteiger partial charge is 0.337 e. The van der Waals surface area contributed by atoms with E-state index in [0.29, 0.717) is 31.0 Å². The lowest BCUT2D eigenvalue weighted by molar-refractivity contribution is 0.0305. The molecule has 5 rings (SSSR count). The zero-order chi connectivity index (χ0) is 21.1. The zero-order valence-corrected chi connectivity index (χ0v) is 18.9. The quantitative estimate of drug-likeness (QED) is 0.629. The molecule has 6 nitrogen and oxygen atoms in total. The van der Waals surface area contributed by atoms with Crippen LogP contribution in [0.4, 0.5) is 4.79 Å². The van der Waals surface area contributed by atoms with Gasteiger partial charge in [0.1, 0.15) is 5.82 Å². The molecule has 3 aliphatic rings. The van der Waals surface area contributed by atoms with Crippen molar-refractivity contribution in [2.75, 3.05) is 26.2 Å². The summed E-state index contributed by atoms with van der Waals surface area (Å²) < 4.78 is 1.05. The SMILES string of the molecule is C=CCNC(=O)NC[C@H]1C[C@@H]2CCN1C[C@@H]2c1cc(-c2ccccc2Br)nc(C)n1. The first-order valence-electron chi connectivity index (χ1n) is 10.5. The van der Waals surface area contributed by atoms with Crippen molar-refractivity contribution in [2.24, 2.45) is 5.92 Å². The normalized spacial score (nSPS) is 25.0. The Morgan fingerprint density at radius 3 is 2.90 bits per heavy atom. The number of urea groups is 1. The fourth-order valence-electron chi connectivity index (χ4n) is 4.71. The van der Waals surface area contributed by atoms with Gasteiger partial charge in [0.2, 0.25) is 0 Å². The minimum absolute atomic E-state index is 0.126. The summed E-state index contributed by atoms with van der Waals surface area (Å²) in [4.78, 5) is 23.9. The van der Waals surface area contributed by atoms with Crippen molar-refractivity contribution in [2.45, 2.75) is 31.7 Å². The van der Waals surface area contributed by atoms with Crippen LogP contribution in [0.15, 0.2) is 47.5 Å². The molecule has 0 saturated carbocycles. The Morgan fingerprint density at radius 2 is 2.17 bits per heavy atom. The number of carbonyl (C=O) groups is 1. The van der Waals surface area contributed by atoms with Crippen molar-refractivity contribution < 1.29 is 4.79 Å². The Balaban J connectivity index is 1.47. The number of carbonyl (C=O) groups excluding carboxylic acids is 1. The Hall–Kier alpha value is -2.25. The van der Waals surface area contributed by atoms with Crippen molar-refractivity contribution in [3.05, 3.63) is 59.0 Å². The lowest BCUT2D eigenvalue weighted by atomic mass is 9.74. The molecule has 0 aliphatic carbocycles. The number of benzene rings is 1. The average Bonchev–Trinajstić information content (AvgIpc) is 2.76. The van der Waals surface area contributed by atoms with Gasteiger partial charge in [0.05, 0.1) is 5.69 Å². The van der Waals surface area contributed by atoms with Crippen LogP contribution in [-0.4, -0.2) is 53.1 Å². The molecule has 4 heterocycles. The van der Waals surface area contributed by atoms with Crippen molar-refractivity contribution >= 4 is 22.0 Å². The van der Waals surface area contributed by atoms with E-state index in [-0.39, 0.29) is 6.03 Å². The number of hydrogen-bond acceptors (Lipinski definition) is 4. The standard InChI is InChI=1S/C23H28BrN5O/c1-3-9-25-23(30)26-13-17-11-16-8-10-29(17)14-19(16)22-12-21(27-15(2)28-22)18-6-4-5-7-20(18)24/h3-7,12,16-17,19H,1,8-11,13-14H2,2H3,(H2,25,26,30)/t16-,17+,19-/m0/s1. The van der Waals surface area contributed by atoms with Crippen LogP contribution in [-0.2, 0) is 0 Å². The van der Waals surface area contributed by atoms with Crippen molar-refractivity contribution in [3.8, 4) is 11.3 Å². The molecule has 3 saturated heterocycles. The smallest absolute Gasteiger partial charge is 0.315 e. The maximum atomic E-state index is 11.9. The van der Waals surface area contributed by atoms with Crippen molar-refractivity contribution in [1.29, 1.82) is 0 Å². The first kappa shape index (κ1) is 21.0. The highest BCUT2D eigenvalue weighted by Gasteiger charge is 2.41. The van der Waals surface area contributed by atoms with Crippen LogP contribution in [0.1, 0.15) is 30.3 Å². The maximum Gasteiger partial charge on any atom is 0.315 e. The molecule has 4 atom stereocenters. The number of fused-ring (bicyclic) bond motifs is 3. The number of aryl methyl sites for hydroxylation is 1. The molecule has 3 aliphatic heterocycles. The lowest BCUT2D eigenvalue weighted by Gasteiger charge is -2.49. The van der Waals surface area contributed by atoms with Gasteiger partial charge in [-0.05, 0) is 44.4 Å². The lowest BCUT2D eigenvalue weighted by Crippen LogP contribution is -2.56. The molecule has 3 fully saturated rings. The van der Waals surface area contributed by atoms with E-state index in [1.54, 1.807) is 6.08 Å². The fourth-order valence-corrected chi connectivity index (χ4v) is 5.20. The maximum absolute atomic E-state index is 11.9. The third kappa shape index (κ3) is 4.57.